The second-order valence-electron chi connectivity index (χ2n) is 1.49. The summed E-state index contributed by atoms with van der Waals surface area (Å²) in [4.78, 5) is 0. The van der Waals surface area contributed by atoms with Crippen LogP contribution in [0.15, 0.2) is 0 Å². The lowest BCUT2D eigenvalue weighted by Crippen LogP contribution is -2.46. The topological polar surface area (TPSA) is 3.24 Å². The van der Waals surface area contributed by atoms with Gasteiger partial charge in [0.05, 0.1) is 0 Å². The lowest BCUT2D eigenvalue weighted by molar-refractivity contribution is 0.877. The molecule has 10 heavy (non-hydrogen) atoms. The first-order chi connectivity index (χ1) is 4.15. The van der Waals surface area contributed by atoms with Crippen LogP contribution in [-0.4, -0.2) is 12.7 Å². The van der Waals surface area contributed by atoms with Crippen LogP contribution >= 0.6 is 131 Å². The van der Waals surface area contributed by atoms with E-state index < -0.39 is 1.45 Å². The normalized spacial score (nSPS) is 14.4. The van der Waals surface area contributed by atoms with E-state index >= 15 is 0 Å². The van der Waals surface area contributed by atoms with E-state index in [0.717, 1.165) is 0 Å². The van der Waals surface area contributed by atoms with Crippen molar-refractivity contribution in [1.29, 1.82) is 0 Å². The third-order valence-electron chi connectivity index (χ3n) is 0.761. The van der Waals surface area contributed by atoms with Crippen molar-refractivity contribution in [1.82, 2.24) is 4.23 Å². The van der Waals surface area contributed by atoms with Gasteiger partial charge in [-0.05, 0) is 7.05 Å². The van der Waals surface area contributed by atoms with Gasteiger partial charge in [-0.25, -0.2) is 0 Å². The van der Waals surface area contributed by atoms with Gasteiger partial charge < -0.3 is 4.23 Å². The first-order valence-corrected chi connectivity index (χ1v) is 24.6. The van der Waals surface area contributed by atoms with Gasteiger partial charge in [0.1, 0.15) is 0 Å². The molecule has 62 valence electrons. The number of nitrogens with zero attached hydrogens (tertiary/aromatic N) is 1. The molecule has 0 spiro atoms. The summed E-state index contributed by atoms with van der Waals surface area (Å²) in [5.74, 6) is 0. The first kappa shape index (κ1) is 14.8. The van der Waals surface area contributed by atoms with Gasteiger partial charge in [-0.15, -0.1) is 0 Å². The van der Waals surface area contributed by atoms with Crippen LogP contribution in [0.25, 0.3) is 0 Å². The van der Waals surface area contributed by atoms with Crippen LogP contribution < -0.4 is 0 Å². The molecule has 0 atom stereocenters. The van der Waals surface area contributed by atoms with Crippen LogP contribution in [0.4, 0.5) is 0 Å². The molecule has 0 amide bonds. The lowest BCUT2D eigenvalue weighted by atomic mass is 11.6. The Bertz CT molecular complexity index is 99.9. The van der Waals surface area contributed by atoms with Crippen molar-refractivity contribution in [3.63, 3.8) is 0 Å². The van der Waals surface area contributed by atoms with Crippen molar-refractivity contribution in [2.45, 2.75) is 0 Å². The molecule has 0 fully saturated rings. The minimum Gasteiger partial charge on any atom is -0.301 e. The van der Waals surface area contributed by atoms with Gasteiger partial charge in [0.2, 0.25) is 0 Å². The molecular formula is CH3I6NSi2. The zero-order valence-corrected chi connectivity index (χ0v) is 19.7. The molecule has 1 nitrogen and oxygen atoms in total. The van der Waals surface area contributed by atoms with Crippen molar-refractivity contribution in [2.24, 2.45) is 0 Å². The summed E-state index contributed by atoms with van der Waals surface area (Å²) in [5.41, 5.74) is 0. The third kappa shape index (κ3) is 6.29. The van der Waals surface area contributed by atoms with Crippen molar-refractivity contribution < 1.29 is 0 Å². The van der Waals surface area contributed by atoms with Crippen LogP contribution in [0.2, 0.25) is 0 Å². The summed E-state index contributed by atoms with van der Waals surface area (Å²) in [6.45, 7) is 0. The fraction of sp³-hybridized carbons (Fsp3) is 1.00. The SMILES string of the molecule is CN([Si](I)(I)I)[Si](I)(I)I. The molecule has 0 bridgehead atoms. The molecule has 0 unspecified atom stereocenters. The molecule has 9 heteroatoms. The Hall–Kier alpha value is 4.77. The Balaban J connectivity index is 4.23. The first-order valence-electron chi connectivity index (χ1n) is 2.03. The highest BCUT2D eigenvalue weighted by atomic mass is 127. The van der Waals surface area contributed by atoms with Crippen molar-refractivity contribution >= 4 is 132 Å². The van der Waals surface area contributed by atoms with Gasteiger partial charge in [0, 0.05) is 0 Å². The van der Waals surface area contributed by atoms with Gasteiger partial charge >= 0.3 is 1.45 Å². The van der Waals surface area contributed by atoms with Gasteiger partial charge in [-0.1, -0.05) is 131 Å². The Kier molecular flexibility index (Phi) is 8.49. The molecule has 0 heterocycles. The molecule has 0 aliphatic heterocycles. The standard InChI is InChI=1S/CH3I6NSi2/c1-8(9(2,3)4)10(5,6)7/h1H3. The molecule has 0 saturated carbocycles. The van der Waals surface area contributed by atoms with E-state index in [1.165, 1.54) is 0 Å². The fourth-order valence-electron chi connectivity index (χ4n) is 0.144. The lowest BCUT2D eigenvalue weighted by Gasteiger charge is -2.30. The Morgan fingerprint density at radius 2 is 1.00 bits per heavy atom. The second-order valence-corrected chi connectivity index (χ2v) is 70.4. The average Bonchev–Trinajstić information content (AvgIpc) is 1.59. The quantitative estimate of drug-likeness (QED) is 0.227. The summed E-state index contributed by atoms with van der Waals surface area (Å²) < 4.78 is 0.346. The van der Waals surface area contributed by atoms with Gasteiger partial charge in [-0.3, -0.25) is 0 Å². The predicted molar refractivity (Wildman–Crippen MR) is 103 cm³/mol. The summed E-state index contributed by atoms with van der Waals surface area (Å²) in [5, 5.41) is 0. The Labute approximate surface area is 139 Å². The van der Waals surface area contributed by atoms with Crippen LogP contribution in [0, 0.1) is 0 Å². The second kappa shape index (κ2) is 5.75. The van der Waals surface area contributed by atoms with Crippen molar-refractivity contribution in [3.05, 3.63) is 0 Å². The molecule has 0 radical (unpaired) electrons. The minimum atomic E-state index is -1.11. The van der Waals surface area contributed by atoms with Crippen molar-refractivity contribution in [3.8, 4) is 0 Å². The molecule has 0 saturated heterocycles. The van der Waals surface area contributed by atoms with E-state index in [1.54, 1.807) is 0 Å². The van der Waals surface area contributed by atoms with Crippen LogP contribution in [-0.2, 0) is 0 Å². The largest absolute Gasteiger partial charge is 0.324 e. The maximum atomic E-state index is 2.59. The fourth-order valence-corrected chi connectivity index (χ4v) is 58.2. The minimum absolute atomic E-state index is 1.11. The highest BCUT2D eigenvalue weighted by molar-refractivity contribution is 14.4. The molecular weight excluding hydrogens is 844 g/mol. The van der Waals surface area contributed by atoms with Gasteiger partial charge in [-0.2, -0.15) is 0 Å². The third-order valence-corrected chi connectivity index (χ3v) is 25.5. The van der Waals surface area contributed by atoms with Crippen LogP contribution in [0.1, 0.15) is 0 Å². The number of hydrogen-bond acceptors (Lipinski definition) is 1. The van der Waals surface area contributed by atoms with E-state index in [4.69, 9.17) is 0 Å². The van der Waals surface area contributed by atoms with E-state index in [-0.39, 0.29) is 0 Å². The summed E-state index contributed by atoms with van der Waals surface area (Å²) in [7, 11) is 2.25. The molecule has 0 aromatic rings. The molecule has 0 aromatic carbocycles. The molecule has 0 N–H and O–H groups in total. The number of halogens is 6. The Morgan fingerprint density at radius 1 is 0.800 bits per heavy atom. The number of hydrogen-bond donors (Lipinski definition) is 0. The smallest absolute Gasteiger partial charge is 0.301 e. The molecule has 0 aliphatic rings. The van der Waals surface area contributed by atoms with Crippen LogP contribution in [0.5, 0.6) is 0 Å². The van der Waals surface area contributed by atoms with Crippen molar-refractivity contribution in [2.75, 3.05) is 7.05 Å². The summed E-state index contributed by atoms with van der Waals surface area (Å²) >= 11 is 15.5. The van der Waals surface area contributed by atoms with Gasteiger partial charge in [0.15, 0.2) is 0 Å². The van der Waals surface area contributed by atoms with E-state index in [9.17, 15) is 0 Å². The zero-order valence-electron chi connectivity index (χ0n) is 4.72. The summed E-state index contributed by atoms with van der Waals surface area (Å²) in [6, 6.07) is 0. The maximum Gasteiger partial charge on any atom is 0.324 e. The highest BCUT2D eigenvalue weighted by Gasteiger charge is 2.41. The molecule has 0 rings (SSSR count). The van der Waals surface area contributed by atoms with Gasteiger partial charge in [0.25, 0.3) is 0 Å². The molecule has 0 aliphatic carbocycles. The number of rotatable bonds is 2. The van der Waals surface area contributed by atoms with E-state index in [2.05, 4.69) is 142 Å². The predicted octanol–water partition coefficient (Wildman–Crippen LogP) is 4.40. The molecule has 0 aromatic heterocycles. The average molecular weight is 847 g/mol. The van der Waals surface area contributed by atoms with E-state index in [1.807, 2.05) is 0 Å². The highest BCUT2D eigenvalue weighted by Crippen LogP contribution is 2.43. The monoisotopic (exact) mass is 846 g/mol. The Morgan fingerprint density at radius 3 is 1.00 bits per heavy atom. The van der Waals surface area contributed by atoms with E-state index in [0.29, 0.717) is 0 Å². The zero-order chi connectivity index (χ0) is 8.58. The summed E-state index contributed by atoms with van der Waals surface area (Å²) in [6.07, 6.45) is 0. The van der Waals surface area contributed by atoms with Crippen LogP contribution in [0.3, 0.4) is 0 Å². The maximum absolute atomic E-state index is 2.59.